The van der Waals surface area contributed by atoms with E-state index in [1.165, 1.54) is 13.2 Å². The van der Waals surface area contributed by atoms with E-state index in [1.807, 2.05) is 0 Å². The van der Waals surface area contributed by atoms with Gasteiger partial charge in [0.25, 0.3) is 0 Å². The van der Waals surface area contributed by atoms with Crippen molar-refractivity contribution in [3.8, 4) is 5.75 Å². The average Bonchev–Trinajstić information content (AvgIpc) is 2.56. The Morgan fingerprint density at radius 2 is 2.20 bits per heavy atom. The van der Waals surface area contributed by atoms with Crippen molar-refractivity contribution >= 4 is 23.4 Å². The van der Waals surface area contributed by atoms with Crippen molar-refractivity contribution in [2.45, 2.75) is 18.6 Å². The first-order valence-corrected chi connectivity index (χ1v) is 8.99. The van der Waals surface area contributed by atoms with Crippen LogP contribution in [0.15, 0.2) is 18.2 Å². The molecule has 1 fully saturated rings. The van der Waals surface area contributed by atoms with Crippen LogP contribution in [0.4, 0.5) is 18.9 Å². The predicted octanol–water partition coefficient (Wildman–Crippen LogP) is 2.76. The number of ether oxygens (including phenoxy) is 2. The number of carbonyl (C=O) groups excluding carboxylic acids is 1. The molecular weight excluding hydrogens is 357 g/mol. The minimum absolute atomic E-state index is 0.0133. The summed E-state index contributed by atoms with van der Waals surface area (Å²) < 4.78 is 49.1. The van der Waals surface area contributed by atoms with E-state index in [-0.39, 0.29) is 43.0 Å². The molecule has 2 N–H and O–H groups in total. The van der Waals surface area contributed by atoms with Crippen LogP contribution < -0.4 is 15.4 Å². The lowest BCUT2D eigenvalue weighted by Gasteiger charge is -2.23. The second-order valence-electron chi connectivity index (χ2n) is 5.53. The summed E-state index contributed by atoms with van der Waals surface area (Å²) >= 11 is 1.74. The van der Waals surface area contributed by atoms with Gasteiger partial charge in [-0.05, 0) is 18.2 Å². The van der Waals surface area contributed by atoms with E-state index < -0.39 is 11.7 Å². The second kappa shape index (κ2) is 9.30. The Morgan fingerprint density at radius 3 is 2.84 bits per heavy atom. The molecule has 9 heteroatoms. The minimum Gasteiger partial charge on any atom is -0.489 e. The normalized spacial score (nSPS) is 18.0. The lowest BCUT2D eigenvalue weighted by atomic mass is 10.1. The monoisotopic (exact) mass is 378 g/mol. The number of hydrogen-bond donors (Lipinski definition) is 2. The summed E-state index contributed by atoms with van der Waals surface area (Å²) in [6, 6.07) is 3.05. The van der Waals surface area contributed by atoms with Gasteiger partial charge in [0, 0.05) is 37.6 Å². The Morgan fingerprint density at radius 1 is 1.40 bits per heavy atom. The molecule has 0 aromatic heterocycles. The summed E-state index contributed by atoms with van der Waals surface area (Å²) in [5.41, 5.74) is -0.826. The summed E-state index contributed by atoms with van der Waals surface area (Å²) in [7, 11) is 1.49. The van der Waals surface area contributed by atoms with E-state index in [4.69, 9.17) is 9.47 Å². The van der Waals surface area contributed by atoms with Gasteiger partial charge in [0.1, 0.15) is 12.4 Å². The zero-order valence-corrected chi connectivity index (χ0v) is 14.6. The fourth-order valence-electron chi connectivity index (χ4n) is 2.34. The highest BCUT2D eigenvalue weighted by Gasteiger charge is 2.31. The molecule has 1 aromatic rings. The fourth-order valence-corrected chi connectivity index (χ4v) is 3.29. The number of nitrogens with one attached hydrogen (secondary N) is 2. The maximum atomic E-state index is 12.9. The molecule has 2 rings (SSSR count). The van der Waals surface area contributed by atoms with Crippen LogP contribution in [0.1, 0.15) is 12.0 Å². The van der Waals surface area contributed by atoms with Crippen LogP contribution >= 0.6 is 11.8 Å². The summed E-state index contributed by atoms with van der Waals surface area (Å²) in [5, 5.41) is 5.76. The quantitative estimate of drug-likeness (QED) is 0.715. The van der Waals surface area contributed by atoms with Gasteiger partial charge < -0.3 is 20.1 Å². The van der Waals surface area contributed by atoms with Gasteiger partial charge in [-0.3, -0.25) is 4.79 Å². The van der Waals surface area contributed by atoms with Gasteiger partial charge in [-0.2, -0.15) is 24.9 Å². The number of rotatable bonds is 7. The van der Waals surface area contributed by atoms with Crippen LogP contribution in [-0.4, -0.2) is 50.3 Å². The van der Waals surface area contributed by atoms with Crippen LogP contribution in [0.3, 0.4) is 0 Å². The van der Waals surface area contributed by atoms with E-state index in [0.717, 1.165) is 30.2 Å². The number of benzene rings is 1. The Labute approximate surface area is 148 Å². The van der Waals surface area contributed by atoms with Crippen molar-refractivity contribution in [2.75, 3.05) is 43.7 Å². The van der Waals surface area contributed by atoms with E-state index in [9.17, 15) is 18.0 Å². The molecule has 1 amide bonds. The van der Waals surface area contributed by atoms with Gasteiger partial charge in [-0.1, -0.05) is 0 Å². The minimum atomic E-state index is -4.49. The molecule has 1 unspecified atom stereocenters. The van der Waals surface area contributed by atoms with Gasteiger partial charge in [0.2, 0.25) is 5.91 Å². The Balaban J connectivity index is 2.09. The Bertz CT molecular complexity index is 578. The molecule has 1 aliphatic rings. The SMILES string of the molecule is COCCOc1ccc(C(F)(F)F)cc1NC(=O)CC1CSCCN1. The van der Waals surface area contributed by atoms with Crippen molar-refractivity contribution in [1.29, 1.82) is 0 Å². The highest BCUT2D eigenvalue weighted by Crippen LogP contribution is 2.35. The summed E-state index contributed by atoms with van der Waals surface area (Å²) in [5.74, 6) is 1.62. The molecule has 0 spiro atoms. The highest BCUT2D eigenvalue weighted by atomic mass is 32.2. The van der Waals surface area contributed by atoms with Crippen molar-refractivity contribution in [3.05, 3.63) is 23.8 Å². The number of hydrogen-bond acceptors (Lipinski definition) is 5. The Kier molecular flexibility index (Phi) is 7.39. The van der Waals surface area contributed by atoms with Crippen molar-refractivity contribution < 1.29 is 27.4 Å². The zero-order valence-electron chi connectivity index (χ0n) is 13.8. The van der Waals surface area contributed by atoms with Gasteiger partial charge in [-0.15, -0.1) is 0 Å². The fraction of sp³-hybridized carbons (Fsp3) is 0.562. The number of thioether (sulfide) groups is 1. The number of anilines is 1. The van der Waals surface area contributed by atoms with Gasteiger partial charge in [0.05, 0.1) is 17.9 Å². The zero-order chi connectivity index (χ0) is 18.3. The number of amides is 1. The van der Waals surface area contributed by atoms with Crippen molar-refractivity contribution in [2.24, 2.45) is 0 Å². The standard InChI is InChI=1S/C16H21F3N2O3S/c1-23-5-6-24-14-3-2-11(16(17,18)19)8-13(14)21-15(22)9-12-10-25-7-4-20-12/h2-3,8,12,20H,4-7,9-10H2,1H3,(H,21,22). The molecule has 0 radical (unpaired) electrons. The molecule has 1 aliphatic heterocycles. The van der Waals surface area contributed by atoms with E-state index in [0.29, 0.717) is 0 Å². The topological polar surface area (TPSA) is 59.6 Å². The molecule has 25 heavy (non-hydrogen) atoms. The van der Waals surface area contributed by atoms with E-state index in [1.54, 1.807) is 11.8 Å². The van der Waals surface area contributed by atoms with Crippen LogP contribution in [0.25, 0.3) is 0 Å². The summed E-state index contributed by atoms with van der Waals surface area (Å²) in [6.45, 7) is 1.28. The molecule has 0 bridgehead atoms. The number of methoxy groups -OCH3 is 1. The maximum Gasteiger partial charge on any atom is 0.416 e. The molecule has 1 aromatic carbocycles. The molecule has 140 valence electrons. The first kappa shape index (κ1) is 19.9. The first-order chi connectivity index (χ1) is 11.9. The molecule has 0 aliphatic carbocycles. The molecule has 1 atom stereocenters. The lowest BCUT2D eigenvalue weighted by Crippen LogP contribution is -2.39. The average molecular weight is 378 g/mol. The third-order valence-electron chi connectivity index (χ3n) is 3.56. The van der Waals surface area contributed by atoms with Crippen LogP contribution in [0, 0.1) is 0 Å². The number of halogens is 3. The number of carbonyl (C=O) groups is 1. The van der Waals surface area contributed by atoms with E-state index >= 15 is 0 Å². The smallest absolute Gasteiger partial charge is 0.416 e. The maximum absolute atomic E-state index is 12.9. The van der Waals surface area contributed by atoms with Crippen molar-refractivity contribution in [1.82, 2.24) is 5.32 Å². The first-order valence-electron chi connectivity index (χ1n) is 7.84. The molecule has 1 saturated heterocycles. The van der Waals surface area contributed by atoms with Crippen LogP contribution in [-0.2, 0) is 15.7 Å². The van der Waals surface area contributed by atoms with Crippen LogP contribution in [0.2, 0.25) is 0 Å². The molecular formula is C16H21F3N2O3S. The lowest BCUT2D eigenvalue weighted by molar-refractivity contribution is -0.137. The third-order valence-corrected chi connectivity index (χ3v) is 4.69. The van der Waals surface area contributed by atoms with Gasteiger partial charge >= 0.3 is 6.18 Å². The summed E-state index contributed by atoms with van der Waals surface area (Å²) in [6.07, 6.45) is -4.30. The third kappa shape index (κ3) is 6.41. The molecule has 1 heterocycles. The highest BCUT2D eigenvalue weighted by molar-refractivity contribution is 7.99. The van der Waals surface area contributed by atoms with E-state index in [2.05, 4.69) is 10.6 Å². The van der Waals surface area contributed by atoms with Gasteiger partial charge in [-0.25, -0.2) is 0 Å². The second-order valence-corrected chi connectivity index (χ2v) is 6.68. The molecule has 5 nitrogen and oxygen atoms in total. The van der Waals surface area contributed by atoms with Crippen LogP contribution in [0.5, 0.6) is 5.75 Å². The predicted molar refractivity (Wildman–Crippen MR) is 91.2 cm³/mol. The van der Waals surface area contributed by atoms with Gasteiger partial charge in [0.15, 0.2) is 0 Å². The largest absolute Gasteiger partial charge is 0.489 e. The van der Waals surface area contributed by atoms with Crippen molar-refractivity contribution in [3.63, 3.8) is 0 Å². The summed E-state index contributed by atoms with van der Waals surface area (Å²) in [4.78, 5) is 12.2. The molecule has 0 saturated carbocycles. The Hall–Kier alpha value is -1.45. The number of alkyl halides is 3.